The van der Waals surface area contributed by atoms with Crippen molar-refractivity contribution in [2.45, 2.75) is 25.7 Å². The minimum atomic E-state index is 0.996. The predicted octanol–water partition coefficient (Wildman–Crippen LogP) is 13.2. The second kappa shape index (κ2) is 12.6. The maximum atomic E-state index is 5.22. The third-order valence-corrected chi connectivity index (χ3v) is 11.9. The third kappa shape index (κ3) is 4.99. The first-order chi connectivity index (χ1) is 26.8. The van der Waals surface area contributed by atoms with Crippen LogP contribution in [0.5, 0.6) is 0 Å². The van der Waals surface area contributed by atoms with Gasteiger partial charge in [-0.1, -0.05) is 109 Å². The van der Waals surface area contributed by atoms with E-state index in [1.165, 1.54) is 93.7 Å². The molecule has 0 spiro atoms. The molecule has 3 heterocycles. The lowest BCUT2D eigenvalue weighted by atomic mass is 9.85. The number of nitrogens with zero attached hydrogens (tertiary/aromatic N) is 3. The number of para-hydroxylation sites is 2. The average Bonchev–Trinajstić information content (AvgIpc) is 3.24. The highest BCUT2D eigenvalue weighted by molar-refractivity contribution is 6.24. The smallest absolute Gasteiger partial charge is 0.0792 e. The molecule has 0 saturated carbocycles. The molecule has 0 radical (unpaired) electrons. The minimum absolute atomic E-state index is 0.996. The van der Waals surface area contributed by atoms with Crippen LogP contribution in [0.4, 0.5) is 22.7 Å². The van der Waals surface area contributed by atoms with Crippen molar-refractivity contribution in [3.8, 4) is 22.4 Å². The molecule has 3 heteroatoms. The van der Waals surface area contributed by atoms with Crippen molar-refractivity contribution in [1.29, 1.82) is 0 Å². The highest BCUT2D eigenvalue weighted by atomic mass is 15.1. The Morgan fingerprint density at radius 1 is 0.407 bits per heavy atom. The van der Waals surface area contributed by atoms with Gasteiger partial charge in [0.15, 0.2) is 0 Å². The number of aromatic nitrogens is 1. The lowest BCUT2D eigenvalue weighted by molar-refractivity contribution is 0.767. The van der Waals surface area contributed by atoms with Crippen molar-refractivity contribution in [2.24, 2.45) is 0 Å². The number of anilines is 4. The molecule has 0 aliphatic carbocycles. The van der Waals surface area contributed by atoms with Crippen LogP contribution in [0.1, 0.15) is 24.0 Å². The van der Waals surface area contributed by atoms with Gasteiger partial charge in [0.1, 0.15) is 0 Å². The van der Waals surface area contributed by atoms with Gasteiger partial charge in [0.2, 0.25) is 0 Å². The van der Waals surface area contributed by atoms with Crippen molar-refractivity contribution in [3.63, 3.8) is 0 Å². The summed E-state index contributed by atoms with van der Waals surface area (Å²) in [5.41, 5.74) is 12.6. The minimum Gasteiger partial charge on any atom is -0.341 e. The number of benzene rings is 8. The molecule has 0 amide bonds. The summed E-state index contributed by atoms with van der Waals surface area (Å²) in [6.07, 6.45) is 6.49. The van der Waals surface area contributed by atoms with E-state index in [4.69, 9.17) is 4.98 Å². The van der Waals surface area contributed by atoms with Crippen LogP contribution in [0.2, 0.25) is 0 Å². The lowest BCUT2D eigenvalue weighted by Gasteiger charge is -2.32. The first-order valence-corrected chi connectivity index (χ1v) is 19.4. The maximum absolute atomic E-state index is 5.22. The van der Waals surface area contributed by atoms with Gasteiger partial charge in [0.25, 0.3) is 0 Å². The topological polar surface area (TPSA) is 19.4 Å². The van der Waals surface area contributed by atoms with Gasteiger partial charge in [-0.05, 0) is 134 Å². The van der Waals surface area contributed by atoms with Gasteiger partial charge in [-0.3, -0.25) is 4.98 Å². The lowest BCUT2D eigenvalue weighted by Crippen LogP contribution is -2.24. The molecule has 0 atom stereocenters. The van der Waals surface area contributed by atoms with E-state index in [0.29, 0.717) is 0 Å². The molecule has 258 valence electrons. The zero-order valence-corrected chi connectivity index (χ0v) is 30.2. The Hall–Kier alpha value is -6.45. The first-order valence-electron chi connectivity index (χ1n) is 19.4. The molecule has 1 aromatic heterocycles. The first kappa shape index (κ1) is 31.1. The average molecular weight is 694 g/mol. The number of hydrogen-bond acceptors (Lipinski definition) is 3. The summed E-state index contributed by atoms with van der Waals surface area (Å²) in [5, 5.41) is 9.81. The second-order valence-corrected chi connectivity index (χ2v) is 14.9. The van der Waals surface area contributed by atoms with E-state index in [0.717, 1.165) is 44.5 Å². The maximum Gasteiger partial charge on any atom is 0.0792 e. The molecule has 11 rings (SSSR count). The van der Waals surface area contributed by atoms with E-state index in [1.54, 1.807) is 0 Å². The van der Waals surface area contributed by atoms with Gasteiger partial charge < -0.3 is 9.80 Å². The molecule has 0 bridgehead atoms. The standard InChI is InChI=1S/C51H39N3/c1-2-15-38-31-39(22-21-34(38)11-1)49-43-25-23-41(54-30-10-17-37-14-5-8-20-48(37)54)33-46(43)50(51-42-18-6-3-12-35(42)27-28-52-51)44-26-24-40(32-45(44)49)53-29-9-16-36-13-4-7-19-47(36)53/h1-8,11-15,18-28,31-33H,9-10,16-17,29-30H2. The van der Waals surface area contributed by atoms with E-state index in [-0.39, 0.29) is 0 Å². The van der Waals surface area contributed by atoms with Crippen LogP contribution in [0.25, 0.3) is 65.5 Å². The molecule has 0 N–H and O–H groups in total. The fraction of sp³-hybridized carbons (Fsp3) is 0.118. The Bertz CT molecular complexity index is 2920. The highest BCUT2D eigenvalue weighted by Crippen LogP contribution is 2.48. The van der Waals surface area contributed by atoms with E-state index in [9.17, 15) is 0 Å². The molecule has 0 unspecified atom stereocenters. The van der Waals surface area contributed by atoms with Crippen LogP contribution in [-0.4, -0.2) is 18.1 Å². The number of pyridine rings is 1. The van der Waals surface area contributed by atoms with E-state index in [1.807, 2.05) is 6.20 Å². The number of rotatable bonds is 4. The fourth-order valence-electron chi connectivity index (χ4n) is 9.37. The van der Waals surface area contributed by atoms with Gasteiger partial charge in [0.05, 0.1) is 5.69 Å². The van der Waals surface area contributed by atoms with Crippen molar-refractivity contribution >= 4 is 65.8 Å². The van der Waals surface area contributed by atoms with Crippen molar-refractivity contribution in [3.05, 3.63) is 175 Å². The van der Waals surface area contributed by atoms with Gasteiger partial charge in [-0.15, -0.1) is 0 Å². The molecule has 54 heavy (non-hydrogen) atoms. The predicted molar refractivity (Wildman–Crippen MR) is 229 cm³/mol. The largest absolute Gasteiger partial charge is 0.341 e. The Morgan fingerprint density at radius 2 is 0.981 bits per heavy atom. The van der Waals surface area contributed by atoms with Crippen LogP contribution in [0.15, 0.2) is 164 Å². The van der Waals surface area contributed by atoms with Crippen LogP contribution >= 0.6 is 0 Å². The molecule has 0 saturated heterocycles. The molecule has 2 aliphatic heterocycles. The quantitative estimate of drug-likeness (QED) is 0.171. The number of aryl methyl sites for hydroxylation is 2. The van der Waals surface area contributed by atoms with E-state index < -0.39 is 0 Å². The highest BCUT2D eigenvalue weighted by Gasteiger charge is 2.25. The van der Waals surface area contributed by atoms with Crippen LogP contribution in [0, 0.1) is 0 Å². The summed E-state index contributed by atoms with van der Waals surface area (Å²) in [5.74, 6) is 0. The summed E-state index contributed by atoms with van der Waals surface area (Å²) in [6, 6.07) is 58.8. The zero-order chi connectivity index (χ0) is 35.6. The summed E-state index contributed by atoms with van der Waals surface area (Å²) < 4.78 is 0. The SMILES string of the molecule is c1ccc2c(c1)CCCN2c1ccc2c(-c3nccc4ccccc34)c3cc(N4CCCc5ccccc54)ccc3c(-c3ccc4ccccc4c3)c2c1. The van der Waals surface area contributed by atoms with Crippen LogP contribution < -0.4 is 9.80 Å². The zero-order valence-electron chi connectivity index (χ0n) is 30.2. The summed E-state index contributed by atoms with van der Waals surface area (Å²) in [6.45, 7) is 2.00. The van der Waals surface area contributed by atoms with Gasteiger partial charge in [-0.25, -0.2) is 0 Å². The van der Waals surface area contributed by atoms with E-state index >= 15 is 0 Å². The van der Waals surface area contributed by atoms with E-state index in [2.05, 4.69) is 168 Å². The third-order valence-electron chi connectivity index (χ3n) is 11.9. The number of fused-ring (bicyclic) bond motifs is 6. The van der Waals surface area contributed by atoms with Crippen LogP contribution in [0.3, 0.4) is 0 Å². The Labute approximate surface area is 315 Å². The summed E-state index contributed by atoms with van der Waals surface area (Å²) in [4.78, 5) is 10.3. The number of hydrogen-bond donors (Lipinski definition) is 0. The van der Waals surface area contributed by atoms with Crippen molar-refractivity contribution in [2.75, 3.05) is 22.9 Å². The molecular formula is C51H39N3. The van der Waals surface area contributed by atoms with Gasteiger partial charge >= 0.3 is 0 Å². The Balaban J connectivity index is 1.26. The molecule has 8 aromatic carbocycles. The summed E-state index contributed by atoms with van der Waals surface area (Å²) in [7, 11) is 0. The summed E-state index contributed by atoms with van der Waals surface area (Å²) >= 11 is 0. The van der Waals surface area contributed by atoms with Crippen molar-refractivity contribution < 1.29 is 0 Å². The molecular weight excluding hydrogens is 655 g/mol. The molecule has 0 fully saturated rings. The monoisotopic (exact) mass is 693 g/mol. The molecule has 3 nitrogen and oxygen atoms in total. The van der Waals surface area contributed by atoms with Gasteiger partial charge in [-0.2, -0.15) is 0 Å². The Morgan fingerprint density at radius 3 is 1.69 bits per heavy atom. The fourth-order valence-corrected chi connectivity index (χ4v) is 9.37. The van der Waals surface area contributed by atoms with Gasteiger partial charge in [0, 0.05) is 53.0 Å². The van der Waals surface area contributed by atoms with Crippen molar-refractivity contribution in [1.82, 2.24) is 4.98 Å². The van der Waals surface area contributed by atoms with Crippen LogP contribution in [-0.2, 0) is 12.8 Å². The molecule has 9 aromatic rings. The second-order valence-electron chi connectivity index (χ2n) is 14.9. The normalized spacial score (nSPS) is 14.1. The molecule has 2 aliphatic rings. The Kier molecular flexibility index (Phi) is 7.26.